The van der Waals surface area contributed by atoms with Gasteiger partial charge in [0, 0.05) is 52.0 Å². The first-order valence-electron chi connectivity index (χ1n) is 8.71. The predicted octanol–water partition coefficient (Wildman–Crippen LogP) is 2.12. The maximum absolute atomic E-state index is 11.5. The fraction of sp³-hybridized carbons (Fsp3) is 0.316. The van der Waals surface area contributed by atoms with Gasteiger partial charge in [0.1, 0.15) is 0 Å². The summed E-state index contributed by atoms with van der Waals surface area (Å²) in [5, 5.41) is 10.6. The minimum Gasteiger partial charge on any atom is -0.494 e. The van der Waals surface area contributed by atoms with Crippen molar-refractivity contribution in [1.29, 1.82) is 0 Å². The third-order valence-corrected chi connectivity index (χ3v) is 4.77. The zero-order valence-corrected chi connectivity index (χ0v) is 14.7. The zero-order chi connectivity index (χ0) is 18.1. The van der Waals surface area contributed by atoms with Crippen molar-refractivity contribution in [1.82, 2.24) is 19.4 Å². The Morgan fingerprint density at radius 1 is 1.15 bits per heavy atom. The molecule has 0 spiro atoms. The molecule has 1 aliphatic rings. The molecule has 7 heteroatoms. The summed E-state index contributed by atoms with van der Waals surface area (Å²) in [6.45, 7) is 5.92. The van der Waals surface area contributed by atoms with Crippen LogP contribution in [0.5, 0.6) is 5.88 Å². The van der Waals surface area contributed by atoms with E-state index in [-0.39, 0.29) is 11.8 Å². The fourth-order valence-corrected chi connectivity index (χ4v) is 3.31. The molecule has 0 unspecified atom stereocenters. The number of hydrogen-bond donors (Lipinski definition) is 1. The van der Waals surface area contributed by atoms with Gasteiger partial charge in [-0.3, -0.25) is 14.3 Å². The molecule has 0 saturated carbocycles. The summed E-state index contributed by atoms with van der Waals surface area (Å²) >= 11 is 0. The molecule has 134 valence electrons. The van der Waals surface area contributed by atoms with Crippen molar-refractivity contribution in [2.45, 2.75) is 13.5 Å². The quantitative estimate of drug-likeness (QED) is 0.779. The molecule has 0 amide bonds. The number of fused-ring (bicyclic) bond motifs is 1. The van der Waals surface area contributed by atoms with Crippen LogP contribution in [0.3, 0.4) is 0 Å². The van der Waals surface area contributed by atoms with Crippen LogP contribution in [0.25, 0.3) is 10.9 Å². The Balaban J connectivity index is 1.46. The first-order valence-corrected chi connectivity index (χ1v) is 8.71. The fourth-order valence-electron chi connectivity index (χ4n) is 3.31. The largest absolute Gasteiger partial charge is 0.494 e. The average molecular weight is 351 g/mol. The van der Waals surface area contributed by atoms with Gasteiger partial charge in [0.05, 0.1) is 10.9 Å². The molecular weight excluding hydrogens is 330 g/mol. The molecule has 0 aliphatic carbocycles. The van der Waals surface area contributed by atoms with E-state index in [1.807, 2.05) is 6.07 Å². The number of benzene rings is 1. The summed E-state index contributed by atoms with van der Waals surface area (Å²) in [4.78, 5) is 25.0. The average Bonchev–Trinajstić information content (AvgIpc) is 3.00. The third-order valence-electron chi connectivity index (χ3n) is 4.77. The highest BCUT2D eigenvalue weighted by Crippen LogP contribution is 2.26. The van der Waals surface area contributed by atoms with Crippen LogP contribution in [0.15, 0.2) is 42.7 Å². The van der Waals surface area contributed by atoms with Crippen LogP contribution in [0.1, 0.15) is 17.3 Å². The van der Waals surface area contributed by atoms with E-state index < -0.39 is 0 Å². The van der Waals surface area contributed by atoms with Gasteiger partial charge in [0.2, 0.25) is 17.7 Å². The molecule has 2 aromatic heterocycles. The van der Waals surface area contributed by atoms with E-state index in [1.54, 1.807) is 12.4 Å². The Bertz CT molecular complexity index is 930. The smallest absolute Gasteiger partial charge is 0.230 e. The first kappa shape index (κ1) is 16.5. The van der Waals surface area contributed by atoms with Crippen LogP contribution in [-0.2, 0) is 6.54 Å². The van der Waals surface area contributed by atoms with Crippen LogP contribution < -0.4 is 4.90 Å². The van der Waals surface area contributed by atoms with Gasteiger partial charge in [-0.2, -0.15) is 0 Å². The molecule has 26 heavy (non-hydrogen) atoms. The zero-order valence-electron chi connectivity index (χ0n) is 14.7. The van der Waals surface area contributed by atoms with Gasteiger partial charge in [-0.05, 0) is 5.56 Å². The number of aromatic nitrogens is 3. The molecule has 0 bridgehead atoms. The predicted molar refractivity (Wildman–Crippen MR) is 99.4 cm³/mol. The molecule has 4 rings (SSSR count). The minimum atomic E-state index is -0.253. The number of hydrogen-bond acceptors (Lipinski definition) is 6. The highest BCUT2D eigenvalue weighted by molar-refractivity contribution is 5.91. The van der Waals surface area contributed by atoms with Crippen molar-refractivity contribution in [2.24, 2.45) is 0 Å². The Labute approximate surface area is 151 Å². The molecule has 1 aliphatic heterocycles. The van der Waals surface area contributed by atoms with Crippen LogP contribution >= 0.6 is 0 Å². The van der Waals surface area contributed by atoms with Gasteiger partial charge in [-0.15, -0.1) is 0 Å². The standard InChI is InChI=1S/C19H21N5O2/c1-14(25)24-13-17-16(18(24)26)11-20-19(21-17)23-9-7-22(8-10-23)12-15-5-3-2-4-6-15/h2-6,11,13,26H,7-10,12H2,1H3. The number of anilines is 1. The second kappa shape index (κ2) is 6.76. The van der Waals surface area contributed by atoms with E-state index in [2.05, 4.69) is 44.0 Å². The number of nitrogens with zero attached hydrogens (tertiary/aromatic N) is 5. The number of piperazine rings is 1. The maximum Gasteiger partial charge on any atom is 0.230 e. The maximum atomic E-state index is 11.5. The highest BCUT2D eigenvalue weighted by atomic mass is 16.3. The molecule has 7 nitrogen and oxygen atoms in total. The van der Waals surface area contributed by atoms with Crippen molar-refractivity contribution in [3.05, 3.63) is 48.3 Å². The van der Waals surface area contributed by atoms with E-state index in [0.717, 1.165) is 32.7 Å². The highest BCUT2D eigenvalue weighted by Gasteiger charge is 2.20. The lowest BCUT2D eigenvalue weighted by Gasteiger charge is -2.34. The van der Waals surface area contributed by atoms with Gasteiger partial charge in [-0.25, -0.2) is 9.97 Å². The SMILES string of the molecule is CC(=O)n1cc2nc(N3CCN(Cc4ccccc4)CC3)ncc2c1O. The van der Waals surface area contributed by atoms with Gasteiger partial charge < -0.3 is 10.0 Å². The molecular formula is C19H21N5O2. The Kier molecular flexibility index (Phi) is 4.30. The van der Waals surface area contributed by atoms with Gasteiger partial charge >= 0.3 is 0 Å². The lowest BCUT2D eigenvalue weighted by molar-refractivity contribution is 0.0928. The minimum absolute atomic E-state index is 0.105. The van der Waals surface area contributed by atoms with Crippen LogP contribution in [0, 0.1) is 0 Å². The van der Waals surface area contributed by atoms with Gasteiger partial charge in [0.25, 0.3) is 0 Å². The van der Waals surface area contributed by atoms with Crippen LogP contribution in [0.2, 0.25) is 0 Å². The number of aromatic hydroxyl groups is 1. The summed E-state index contributed by atoms with van der Waals surface area (Å²) in [5.74, 6) is 0.279. The van der Waals surface area contributed by atoms with Crippen molar-refractivity contribution in [3.63, 3.8) is 0 Å². The normalized spacial score (nSPS) is 15.5. The third kappa shape index (κ3) is 3.13. The lowest BCUT2D eigenvalue weighted by atomic mass is 10.2. The van der Waals surface area contributed by atoms with Gasteiger partial charge in [0.15, 0.2) is 0 Å². The van der Waals surface area contributed by atoms with E-state index in [4.69, 9.17) is 0 Å². The van der Waals surface area contributed by atoms with Gasteiger partial charge in [-0.1, -0.05) is 30.3 Å². The molecule has 1 N–H and O–H groups in total. The molecule has 1 aromatic carbocycles. The van der Waals surface area contributed by atoms with Crippen molar-refractivity contribution in [3.8, 4) is 5.88 Å². The second-order valence-corrected chi connectivity index (χ2v) is 6.56. The molecule has 3 heterocycles. The van der Waals surface area contributed by atoms with E-state index in [1.165, 1.54) is 17.1 Å². The summed E-state index contributed by atoms with van der Waals surface area (Å²) < 4.78 is 1.20. The number of rotatable bonds is 3. The van der Waals surface area contributed by atoms with Crippen LogP contribution in [-0.4, -0.2) is 56.6 Å². The number of carbonyl (C=O) groups is 1. The molecule has 1 saturated heterocycles. The Hall–Kier alpha value is -2.93. The molecule has 0 radical (unpaired) electrons. The second-order valence-electron chi connectivity index (χ2n) is 6.56. The monoisotopic (exact) mass is 351 g/mol. The number of carbonyl (C=O) groups excluding carboxylic acids is 1. The summed E-state index contributed by atoms with van der Waals surface area (Å²) in [6, 6.07) is 10.5. The Morgan fingerprint density at radius 3 is 2.58 bits per heavy atom. The molecule has 3 aromatic rings. The molecule has 1 fully saturated rings. The van der Waals surface area contributed by atoms with Crippen molar-refractivity contribution < 1.29 is 9.90 Å². The summed E-state index contributed by atoms with van der Waals surface area (Å²) in [5.41, 5.74) is 1.90. The van der Waals surface area contributed by atoms with Crippen molar-refractivity contribution >= 4 is 22.8 Å². The van der Waals surface area contributed by atoms with E-state index in [0.29, 0.717) is 16.9 Å². The summed E-state index contributed by atoms with van der Waals surface area (Å²) in [7, 11) is 0. The summed E-state index contributed by atoms with van der Waals surface area (Å²) in [6.07, 6.45) is 3.15. The van der Waals surface area contributed by atoms with E-state index >= 15 is 0 Å². The molecule has 0 atom stereocenters. The van der Waals surface area contributed by atoms with E-state index in [9.17, 15) is 9.90 Å². The first-order chi connectivity index (χ1) is 12.6. The topological polar surface area (TPSA) is 74.5 Å². The Morgan fingerprint density at radius 2 is 1.88 bits per heavy atom. The lowest BCUT2D eigenvalue weighted by Crippen LogP contribution is -2.46. The van der Waals surface area contributed by atoms with Crippen LogP contribution in [0.4, 0.5) is 5.95 Å². The van der Waals surface area contributed by atoms with Crippen molar-refractivity contribution in [2.75, 3.05) is 31.1 Å².